The first kappa shape index (κ1) is 13.8. The topological polar surface area (TPSA) is 40.2 Å². The summed E-state index contributed by atoms with van der Waals surface area (Å²) in [5.74, 6) is 1.01. The van der Waals surface area contributed by atoms with E-state index in [0.717, 1.165) is 38.2 Å². The van der Waals surface area contributed by atoms with Gasteiger partial charge in [0, 0.05) is 0 Å². The number of rotatable bonds is 7. The first-order valence-electron chi connectivity index (χ1n) is 6.23. The van der Waals surface area contributed by atoms with E-state index < -0.39 is 0 Å². The molecule has 0 spiro atoms. The maximum absolute atomic E-state index is 8.95. The zero-order chi connectivity index (χ0) is 12.7. The van der Waals surface area contributed by atoms with Crippen molar-refractivity contribution in [1.29, 1.82) is 5.26 Å². The Morgan fingerprint density at radius 2 is 2.24 bits per heavy atom. The fourth-order valence-electron chi connectivity index (χ4n) is 1.77. The van der Waals surface area contributed by atoms with Crippen LogP contribution in [0.1, 0.15) is 39.4 Å². The fraction of sp³-hybridized carbons (Fsp3) is 0.643. The summed E-state index contributed by atoms with van der Waals surface area (Å²) in [5, 5.41) is 8.95. The van der Waals surface area contributed by atoms with Crippen LogP contribution in [0.15, 0.2) is 22.8 Å². The Morgan fingerprint density at radius 3 is 2.76 bits per heavy atom. The highest BCUT2D eigenvalue weighted by Crippen LogP contribution is 2.21. The smallest absolute Gasteiger partial charge is 0.117 e. The molecule has 17 heavy (non-hydrogen) atoms. The van der Waals surface area contributed by atoms with Crippen LogP contribution in [0.5, 0.6) is 0 Å². The van der Waals surface area contributed by atoms with Gasteiger partial charge in [-0.15, -0.1) is 0 Å². The van der Waals surface area contributed by atoms with Crippen LogP contribution in [0.4, 0.5) is 0 Å². The summed E-state index contributed by atoms with van der Waals surface area (Å²) in [6.45, 7) is 9.02. The van der Waals surface area contributed by atoms with Crippen molar-refractivity contribution < 1.29 is 4.42 Å². The van der Waals surface area contributed by atoms with Crippen molar-refractivity contribution in [2.24, 2.45) is 5.41 Å². The second kappa shape index (κ2) is 6.46. The minimum atomic E-state index is -0.204. The fourth-order valence-corrected chi connectivity index (χ4v) is 1.77. The van der Waals surface area contributed by atoms with Crippen LogP contribution < -0.4 is 0 Å². The second-order valence-corrected chi connectivity index (χ2v) is 5.05. The Bertz CT molecular complexity index is 349. The average molecular weight is 234 g/mol. The standard InChI is InChI=1S/C14H22N2O/c1-4-16(11-13-7-5-10-17-13)9-6-8-14(2,3)12-15/h5,7,10H,4,6,8-9,11H2,1-3H3. The molecule has 1 aromatic heterocycles. The largest absolute Gasteiger partial charge is 0.468 e. The van der Waals surface area contributed by atoms with E-state index in [9.17, 15) is 0 Å². The SMILES string of the molecule is CCN(CCCC(C)(C)C#N)Cc1ccco1. The Morgan fingerprint density at radius 1 is 1.47 bits per heavy atom. The van der Waals surface area contributed by atoms with Crippen LogP contribution in [0.3, 0.4) is 0 Å². The van der Waals surface area contributed by atoms with Gasteiger partial charge in [0.2, 0.25) is 0 Å². The molecule has 1 rings (SSSR count). The summed E-state index contributed by atoms with van der Waals surface area (Å²) in [7, 11) is 0. The molecule has 0 aliphatic rings. The van der Waals surface area contributed by atoms with Crippen molar-refractivity contribution in [1.82, 2.24) is 4.90 Å². The van der Waals surface area contributed by atoms with Crippen LogP contribution in [0.25, 0.3) is 0 Å². The van der Waals surface area contributed by atoms with Crippen molar-refractivity contribution in [2.45, 2.75) is 40.2 Å². The summed E-state index contributed by atoms with van der Waals surface area (Å²) in [6, 6.07) is 6.26. The van der Waals surface area contributed by atoms with Gasteiger partial charge in [0.1, 0.15) is 5.76 Å². The van der Waals surface area contributed by atoms with Crippen molar-refractivity contribution in [3.8, 4) is 6.07 Å². The molecular formula is C14H22N2O. The molecule has 0 N–H and O–H groups in total. The lowest BCUT2D eigenvalue weighted by Gasteiger charge is -2.21. The highest BCUT2D eigenvalue weighted by atomic mass is 16.3. The summed E-state index contributed by atoms with van der Waals surface area (Å²) in [4.78, 5) is 2.34. The number of hydrogen-bond acceptors (Lipinski definition) is 3. The van der Waals surface area contributed by atoms with Crippen LogP contribution >= 0.6 is 0 Å². The molecule has 94 valence electrons. The Balaban J connectivity index is 2.31. The van der Waals surface area contributed by atoms with Crippen molar-refractivity contribution in [3.63, 3.8) is 0 Å². The Labute approximate surface area is 104 Å². The second-order valence-electron chi connectivity index (χ2n) is 5.05. The van der Waals surface area contributed by atoms with E-state index in [4.69, 9.17) is 9.68 Å². The highest BCUT2D eigenvalue weighted by Gasteiger charge is 2.16. The normalized spacial score (nSPS) is 11.7. The number of hydrogen-bond donors (Lipinski definition) is 0. The van der Waals surface area contributed by atoms with Gasteiger partial charge in [-0.1, -0.05) is 6.92 Å². The molecule has 0 radical (unpaired) electrons. The van der Waals surface area contributed by atoms with Crippen LogP contribution in [0, 0.1) is 16.7 Å². The first-order valence-corrected chi connectivity index (χ1v) is 6.23. The quantitative estimate of drug-likeness (QED) is 0.725. The van der Waals surface area contributed by atoms with Crippen LogP contribution in [-0.4, -0.2) is 18.0 Å². The maximum Gasteiger partial charge on any atom is 0.117 e. The lowest BCUT2D eigenvalue weighted by Crippen LogP contribution is -2.25. The maximum atomic E-state index is 8.95. The molecule has 0 atom stereocenters. The van der Waals surface area contributed by atoms with E-state index in [1.54, 1.807) is 6.26 Å². The zero-order valence-electron chi connectivity index (χ0n) is 11.1. The van der Waals surface area contributed by atoms with E-state index in [0.29, 0.717) is 0 Å². The molecule has 0 saturated carbocycles. The van der Waals surface area contributed by atoms with E-state index in [2.05, 4.69) is 17.9 Å². The van der Waals surface area contributed by atoms with E-state index in [1.807, 2.05) is 26.0 Å². The van der Waals surface area contributed by atoms with Gasteiger partial charge in [-0.3, -0.25) is 4.90 Å². The molecule has 0 bridgehead atoms. The third kappa shape index (κ3) is 5.06. The minimum Gasteiger partial charge on any atom is -0.468 e. The van der Waals surface area contributed by atoms with Crippen molar-refractivity contribution in [3.05, 3.63) is 24.2 Å². The predicted octanol–water partition coefficient (Wildman–Crippen LogP) is 3.43. The van der Waals surface area contributed by atoms with Crippen molar-refractivity contribution >= 4 is 0 Å². The summed E-state index contributed by atoms with van der Waals surface area (Å²) < 4.78 is 5.34. The van der Waals surface area contributed by atoms with Crippen molar-refractivity contribution in [2.75, 3.05) is 13.1 Å². The molecular weight excluding hydrogens is 212 g/mol. The zero-order valence-corrected chi connectivity index (χ0v) is 11.1. The molecule has 0 aromatic carbocycles. The lowest BCUT2D eigenvalue weighted by molar-refractivity contribution is 0.241. The van der Waals surface area contributed by atoms with Gasteiger partial charge in [-0.05, 0) is 51.9 Å². The lowest BCUT2D eigenvalue weighted by atomic mass is 9.90. The van der Waals surface area contributed by atoms with E-state index >= 15 is 0 Å². The van der Waals surface area contributed by atoms with E-state index in [-0.39, 0.29) is 5.41 Å². The number of nitriles is 1. The van der Waals surface area contributed by atoms with Crippen LogP contribution in [0.2, 0.25) is 0 Å². The molecule has 0 aliphatic heterocycles. The minimum absolute atomic E-state index is 0.204. The highest BCUT2D eigenvalue weighted by molar-refractivity contribution is 4.98. The van der Waals surface area contributed by atoms with Gasteiger partial charge in [-0.2, -0.15) is 5.26 Å². The molecule has 0 fully saturated rings. The third-order valence-corrected chi connectivity index (χ3v) is 2.99. The van der Waals surface area contributed by atoms with Crippen LogP contribution in [-0.2, 0) is 6.54 Å². The molecule has 0 aliphatic carbocycles. The number of nitrogens with zero attached hydrogens (tertiary/aromatic N) is 2. The molecule has 0 unspecified atom stereocenters. The summed E-state index contributed by atoms with van der Waals surface area (Å²) in [5.41, 5.74) is -0.204. The van der Waals surface area contributed by atoms with E-state index in [1.165, 1.54) is 0 Å². The molecule has 0 saturated heterocycles. The van der Waals surface area contributed by atoms with Gasteiger partial charge in [-0.25, -0.2) is 0 Å². The Kier molecular flexibility index (Phi) is 5.24. The molecule has 3 heteroatoms. The number of furan rings is 1. The third-order valence-electron chi connectivity index (χ3n) is 2.99. The average Bonchev–Trinajstić information content (AvgIpc) is 2.80. The molecule has 0 amide bonds. The molecule has 1 heterocycles. The monoisotopic (exact) mass is 234 g/mol. The summed E-state index contributed by atoms with van der Waals surface area (Å²) in [6.07, 6.45) is 3.70. The molecule has 1 aromatic rings. The van der Waals surface area contributed by atoms with Gasteiger partial charge in [0.05, 0.1) is 24.3 Å². The Hall–Kier alpha value is -1.27. The summed E-state index contributed by atoms with van der Waals surface area (Å²) >= 11 is 0. The van der Waals surface area contributed by atoms with Gasteiger partial charge >= 0.3 is 0 Å². The molecule has 3 nitrogen and oxygen atoms in total. The van der Waals surface area contributed by atoms with Gasteiger partial charge in [0.15, 0.2) is 0 Å². The van der Waals surface area contributed by atoms with Gasteiger partial charge < -0.3 is 4.42 Å². The predicted molar refractivity (Wildman–Crippen MR) is 68.3 cm³/mol. The van der Waals surface area contributed by atoms with Gasteiger partial charge in [0.25, 0.3) is 0 Å². The first-order chi connectivity index (χ1) is 8.07.